The highest BCUT2D eigenvalue weighted by Gasteiger charge is 2.38. The van der Waals surface area contributed by atoms with Gasteiger partial charge in [0.1, 0.15) is 5.82 Å². The number of thioether (sulfide) groups is 1. The van der Waals surface area contributed by atoms with Crippen LogP contribution in [0.5, 0.6) is 0 Å². The molecule has 2 atom stereocenters. The maximum absolute atomic E-state index is 12.9. The van der Waals surface area contributed by atoms with Crippen molar-refractivity contribution >= 4 is 34.4 Å². The molecule has 3 nitrogen and oxygen atoms in total. The molecular weight excluding hydrogens is 351 g/mol. The molecule has 2 aromatic carbocycles. The quantitative estimate of drug-likeness (QED) is 0.758. The molecule has 2 aromatic rings. The molecule has 0 N–H and O–H groups in total. The zero-order valence-corrected chi connectivity index (χ0v) is 14.1. The Morgan fingerprint density at radius 2 is 1.83 bits per heavy atom. The van der Waals surface area contributed by atoms with E-state index >= 15 is 0 Å². The lowest BCUT2D eigenvalue weighted by atomic mass is 9.90. The highest BCUT2D eigenvalue weighted by atomic mass is 35.5. The summed E-state index contributed by atoms with van der Waals surface area (Å²) in [6.07, 6.45) is 0. The molecule has 0 saturated carbocycles. The Bertz CT molecular complexity index is 746. The smallest absolute Gasteiger partial charge is 0.310 e. The van der Waals surface area contributed by atoms with E-state index in [1.54, 1.807) is 12.1 Å². The fraction of sp³-hybridized carbons (Fsp3) is 0.222. The minimum absolute atomic E-state index is 0.0942. The van der Waals surface area contributed by atoms with Crippen molar-refractivity contribution < 1.29 is 18.7 Å². The Morgan fingerprint density at radius 1 is 1.17 bits per heavy atom. The molecule has 1 aliphatic rings. The highest BCUT2D eigenvalue weighted by Crippen LogP contribution is 2.35. The summed E-state index contributed by atoms with van der Waals surface area (Å²) < 4.78 is 18.1. The zero-order valence-electron chi connectivity index (χ0n) is 12.6. The molecule has 0 amide bonds. The van der Waals surface area contributed by atoms with Crippen molar-refractivity contribution in [3.63, 3.8) is 0 Å². The van der Waals surface area contributed by atoms with Crippen LogP contribution in [-0.2, 0) is 9.53 Å². The first-order chi connectivity index (χ1) is 11.5. The van der Waals surface area contributed by atoms with Crippen LogP contribution in [0.4, 0.5) is 4.39 Å². The number of esters is 1. The minimum Gasteiger partial charge on any atom is -0.465 e. The highest BCUT2D eigenvalue weighted by molar-refractivity contribution is 8.14. The summed E-state index contributed by atoms with van der Waals surface area (Å²) >= 11 is 6.94. The van der Waals surface area contributed by atoms with E-state index in [-0.39, 0.29) is 22.9 Å². The van der Waals surface area contributed by atoms with Gasteiger partial charge >= 0.3 is 5.97 Å². The van der Waals surface area contributed by atoms with E-state index in [0.717, 1.165) is 17.3 Å². The number of hydrogen-bond acceptors (Lipinski definition) is 4. The van der Waals surface area contributed by atoms with Gasteiger partial charge < -0.3 is 4.74 Å². The average molecular weight is 365 g/mol. The second kappa shape index (κ2) is 7.36. The van der Waals surface area contributed by atoms with Crippen LogP contribution < -0.4 is 0 Å². The van der Waals surface area contributed by atoms with E-state index in [2.05, 4.69) is 0 Å². The summed E-state index contributed by atoms with van der Waals surface area (Å²) in [5.74, 6) is -0.848. The van der Waals surface area contributed by atoms with E-state index in [9.17, 15) is 14.0 Å². The summed E-state index contributed by atoms with van der Waals surface area (Å²) in [6, 6.07) is 12.6. The molecule has 0 radical (unpaired) electrons. The number of rotatable bonds is 4. The molecule has 24 heavy (non-hydrogen) atoms. The van der Waals surface area contributed by atoms with Gasteiger partial charge in [0.25, 0.3) is 0 Å². The van der Waals surface area contributed by atoms with Gasteiger partial charge in [0.15, 0.2) is 0 Å². The lowest BCUT2D eigenvalue weighted by Gasteiger charge is -2.15. The molecule has 124 valence electrons. The van der Waals surface area contributed by atoms with Gasteiger partial charge in [-0.2, -0.15) is 0 Å². The van der Waals surface area contributed by atoms with Crippen LogP contribution in [0.1, 0.15) is 21.8 Å². The molecule has 3 rings (SSSR count). The summed E-state index contributed by atoms with van der Waals surface area (Å²) in [5.41, 5.74) is 1.38. The minimum atomic E-state index is -0.390. The van der Waals surface area contributed by atoms with Crippen LogP contribution in [-0.4, -0.2) is 23.4 Å². The van der Waals surface area contributed by atoms with E-state index in [1.807, 2.05) is 12.1 Å². The Morgan fingerprint density at radius 3 is 2.50 bits per heavy atom. The van der Waals surface area contributed by atoms with E-state index in [0.29, 0.717) is 22.9 Å². The molecule has 1 heterocycles. The molecule has 0 aromatic heterocycles. The van der Waals surface area contributed by atoms with Crippen molar-refractivity contribution in [2.45, 2.75) is 5.92 Å². The first-order valence-corrected chi connectivity index (χ1v) is 8.76. The first kappa shape index (κ1) is 17.0. The van der Waals surface area contributed by atoms with Gasteiger partial charge in [0.05, 0.1) is 12.5 Å². The van der Waals surface area contributed by atoms with Crippen molar-refractivity contribution in [3.05, 3.63) is 70.5 Å². The van der Waals surface area contributed by atoms with Crippen molar-refractivity contribution in [1.29, 1.82) is 0 Å². The average Bonchev–Trinajstić information content (AvgIpc) is 2.95. The third-order valence-electron chi connectivity index (χ3n) is 3.97. The maximum Gasteiger partial charge on any atom is 0.310 e. The predicted octanol–water partition coefficient (Wildman–Crippen LogP) is 4.31. The third kappa shape index (κ3) is 3.79. The van der Waals surface area contributed by atoms with E-state index in [1.165, 1.54) is 24.3 Å². The Balaban J connectivity index is 1.68. The van der Waals surface area contributed by atoms with Crippen molar-refractivity contribution in [1.82, 2.24) is 0 Å². The lowest BCUT2D eigenvalue weighted by Crippen LogP contribution is -2.18. The van der Waals surface area contributed by atoms with E-state index in [4.69, 9.17) is 16.3 Å². The Labute approximate surface area is 148 Å². The zero-order chi connectivity index (χ0) is 17.1. The molecule has 0 aliphatic carbocycles. The first-order valence-electron chi connectivity index (χ1n) is 7.39. The van der Waals surface area contributed by atoms with Crippen LogP contribution >= 0.6 is 23.4 Å². The molecule has 1 saturated heterocycles. The number of cyclic esters (lactones) is 1. The summed E-state index contributed by atoms with van der Waals surface area (Å²) in [7, 11) is 0. The van der Waals surface area contributed by atoms with Gasteiger partial charge in [-0.1, -0.05) is 35.5 Å². The number of carbonyl (C=O) groups is 2. The molecule has 6 heteroatoms. The predicted molar refractivity (Wildman–Crippen MR) is 91.8 cm³/mol. The van der Waals surface area contributed by atoms with Crippen LogP contribution in [0.3, 0.4) is 0 Å². The van der Waals surface area contributed by atoms with Crippen LogP contribution in [0.25, 0.3) is 0 Å². The third-order valence-corrected chi connectivity index (χ3v) is 5.24. The maximum atomic E-state index is 12.9. The van der Waals surface area contributed by atoms with Gasteiger partial charge in [-0.05, 0) is 42.0 Å². The Hall–Kier alpha value is -1.85. The van der Waals surface area contributed by atoms with Crippen LogP contribution in [0.2, 0.25) is 5.02 Å². The fourth-order valence-electron chi connectivity index (χ4n) is 2.62. The number of hydrogen-bond donors (Lipinski definition) is 0. The number of halogens is 2. The van der Waals surface area contributed by atoms with Gasteiger partial charge in [-0.15, -0.1) is 0 Å². The SMILES string of the molecule is O=C(SCC1C(=O)OCC1c1ccc(Cl)cc1)c1ccc(F)cc1. The summed E-state index contributed by atoms with van der Waals surface area (Å²) in [6.45, 7) is 0.302. The molecule has 0 bridgehead atoms. The van der Waals surface area contributed by atoms with Gasteiger partial charge in [0, 0.05) is 22.3 Å². The standard InChI is InChI=1S/C18H14ClFO3S/c19-13-5-1-11(2-6-13)15-9-23-17(21)16(15)10-24-18(22)12-3-7-14(20)8-4-12/h1-8,15-16H,9-10H2. The second-order valence-electron chi connectivity index (χ2n) is 5.50. The molecule has 1 aliphatic heterocycles. The lowest BCUT2D eigenvalue weighted by molar-refractivity contribution is -0.140. The van der Waals surface area contributed by atoms with Crippen LogP contribution in [0, 0.1) is 11.7 Å². The largest absolute Gasteiger partial charge is 0.465 e. The monoisotopic (exact) mass is 364 g/mol. The topological polar surface area (TPSA) is 43.4 Å². The van der Waals surface area contributed by atoms with Gasteiger partial charge in [-0.25, -0.2) is 4.39 Å². The van der Waals surface area contributed by atoms with Gasteiger partial charge in [-0.3, -0.25) is 9.59 Å². The van der Waals surface area contributed by atoms with Crippen LogP contribution in [0.15, 0.2) is 48.5 Å². The number of benzene rings is 2. The molecule has 1 fully saturated rings. The second-order valence-corrected chi connectivity index (χ2v) is 6.93. The number of carbonyl (C=O) groups excluding carboxylic acids is 2. The number of ether oxygens (including phenoxy) is 1. The fourth-order valence-corrected chi connectivity index (χ4v) is 3.74. The normalized spacial score (nSPS) is 20.0. The van der Waals surface area contributed by atoms with E-state index < -0.39 is 5.82 Å². The molecular formula is C18H14ClFO3S. The Kier molecular flexibility index (Phi) is 5.21. The van der Waals surface area contributed by atoms with Crippen molar-refractivity contribution in [2.75, 3.05) is 12.4 Å². The summed E-state index contributed by atoms with van der Waals surface area (Å²) in [4.78, 5) is 24.2. The van der Waals surface area contributed by atoms with Gasteiger partial charge in [0.2, 0.25) is 5.12 Å². The molecule has 0 spiro atoms. The molecule has 2 unspecified atom stereocenters. The van der Waals surface area contributed by atoms with Crippen molar-refractivity contribution in [2.24, 2.45) is 5.92 Å². The van der Waals surface area contributed by atoms with Crippen molar-refractivity contribution in [3.8, 4) is 0 Å². The summed E-state index contributed by atoms with van der Waals surface area (Å²) in [5, 5.41) is 0.436.